The van der Waals surface area contributed by atoms with Crippen LogP contribution in [-0.4, -0.2) is 17.1 Å². The summed E-state index contributed by atoms with van der Waals surface area (Å²) in [6.45, 7) is 2.26. The van der Waals surface area contributed by atoms with E-state index in [-0.39, 0.29) is 6.01 Å². The zero-order valence-corrected chi connectivity index (χ0v) is 16.9. The molecule has 3 rings (SSSR count). The van der Waals surface area contributed by atoms with Crippen LogP contribution < -0.4 is 9.47 Å². The molecule has 0 unspecified atom stereocenters. The summed E-state index contributed by atoms with van der Waals surface area (Å²) in [7, 11) is 1.63. The number of rotatable bonds is 12. The van der Waals surface area contributed by atoms with Gasteiger partial charge in [0, 0.05) is 12.6 Å². The molecule has 1 aromatic carbocycles. The summed E-state index contributed by atoms with van der Waals surface area (Å²) in [6.07, 6.45) is 13.2. The number of furan rings is 1. The maximum absolute atomic E-state index is 5.89. The van der Waals surface area contributed by atoms with Gasteiger partial charge >= 0.3 is 6.01 Å². The minimum atomic E-state index is 0.283. The molecule has 0 radical (unpaired) electrons. The minimum Gasteiger partial charge on any atom is -0.497 e. The van der Waals surface area contributed by atoms with Crippen molar-refractivity contribution in [1.82, 2.24) is 9.97 Å². The predicted octanol–water partition coefficient (Wildman–Crippen LogP) is 6.71. The Morgan fingerprint density at radius 1 is 0.893 bits per heavy atom. The maximum Gasteiger partial charge on any atom is 0.325 e. The molecule has 150 valence electrons. The molecule has 0 amide bonds. The molecule has 0 spiro atoms. The van der Waals surface area contributed by atoms with Gasteiger partial charge in [-0.1, -0.05) is 51.9 Å². The van der Waals surface area contributed by atoms with Crippen LogP contribution in [0.1, 0.15) is 64.1 Å². The van der Waals surface area contributed by atoms with Crippen LogP contribution in [-0.2, 0) is 6.42 Å². The third-order valence-corrected chi connectivity index (χ3v) is 4.85. The lowest BCUT2D eigenvalue weighted by Gasteiger charge is -2.04. The number of hydrogen-bond donors (Lipinski definition) is 0. The molecule has 5 heteroatoms. The maximum atomic E-state index is 5.89. The number of nitrogens with zero attached hydrogens (tertiary/aromatic N) is 2. The Kier molecular flexibility index (Phi) is 7.71. The number of aromatic nitrogens is 2. The summed E-state index contributed by atoms with van der Waals surface area (Å²) in [5.74, 6) is 2.41. The van der Waals surface area contributed by atoms with Crippen molar-refractivity contribution in [2.75, 3.05) is 7.11 Å². The highest BCUT2D eigenvalue weighted by molar-refractivity contribution is 5.73. The Hall–Kier alpha value is -2.56. The fourth-order valence-electron chi connectivity index (χ4n) is 3.22. The number of aryl methyl sites for hydroxylation is 1. The molecule has 0 fully saturated rings. The SMILES string of the molecule is CCCCCCCCCCc1cc2cnc(Oc3ccc(OC)cc3)nc2o1. The van der Waals surface area contributed by atoms with Gasteiger partial charge in [0.1, 0.15) is 17.3 Å². The quantitative estimate of drug-likeness (QED) is 0.326. The van der Waals surface area contributed by atoms with Gasteiger partial charge in [-0.25, -0.2) is 4.98 Å². The van der Waals surface area contributed by atoms with E-state index in [1.165, 1.54) is 44.9 Å². The van der Waals surface area contributed by atoms with Gasteiger partial charge in [-0.3, -0.25) is 0 Å². The van der Waals surface area contributed by atoms with Crippen LogP contribution in [0.25, 0.3) is 11.1 Å². The Morgan fingerprint density at radius 2 is 1.57 bits per heavy atom. The molecule has 2 heterocycles. The summed E-state index contributed by atoms with van der Waals surface area (Å²) in [4.78, 5) is 8.67. The highest BCUT2D eigenvalue weighted by Gasteiger charge is 2.09. The largest absolute Gasteiger partial charge is 0.497 e. The van der Waals surface area contributed by atoms with Gasteiger partial charge in [-0.05, 0) is 36.8 Å². The first kappa shape index (κ1) is 20.2. The highest BCUT2D eigenvalue weighted by atomic mass is 16.5. The van der Waals surface area contributed by atoms with Crippen LogP contribution in [0.5, 0.6) is 17.5 Å². The summed E-state index contributed by atoms with van der Waals surface area (Å²) in [6, 6.07) is 9.63. The molecule has 2 aromatic heterocycles. The van der Waals surface area contributed by atoms with Crippen LogP contribution in [0.15, 0.2) is 40.9 Å². The summed E-state index contributed by atoms with van der Waals surface area (Å²) in [5.41, 5.74) is 0.577. The monoisotopic (exact) mass is 382 g/mol. The molecule has 28 heavy (non-hydrogen) atoms. The van der Waals surface area contributed by atoms with Crippen molar-refractivity contribution < 1.29 is 13.9 Å². The molecular weight excluding hydrogens is 352 g/mol. The van der Waals surface area contributed by atoms with E-state index in [4.69, 9.17) is 13.9 Å². The third kappa shape index (κ3) is 5.98. The lowest BCUT2D eigenvalue weighted by molar-refractivity contribution is 0.410. The zero-order valence-electron chi connectivity index (χ0n) is 16.9. The number of unbranched alkanes of at least 4 members (excludes halogenated alkanes) is 7. The Bertz CT molecular complexity index is 843. The Balaban J connectivity index is 1.48. The molecule has 0 saturated carbocycles. The lowest BCUT2D eigenvalue weighted by atomic mass is 10.1. The molecule has 3 aromatic rings. The first-order chi connectivity index (χ1) is 13.8. The lowest BCUT2D eigenvalue weighted by Crippen LogP contribution is -1.91. The van der Waals surface area contributed by atoms with Gasteiger partial charge < -0.3 is 13.9 Å². The number of hydrogen-bond acceptors (Lipinski definition) is 5. The van der Waals surface area contributed by atoms with Crippen LogP contribution >= 0.6 is 0 Å². The van der Waals surface area contributed by atoms with E-state index < -0.39 is 0 Å². The summed E-state index contributed by atoms with van der Waals surface area (Å²) in [5, 5.41) is 0.914. The number of ether oxygens (including phenoxy) is 2. The molecule has 0 aliphatic rings. The zero-order chi connectivity index (χ0) is 19.6. The van der Waals surface area contributed by atoms with Crippen molar-refractivity contribution in [3.63, 3.8) is 0 Å². The minimum absolute atomic E-state index is 0.283. The van der Waals surface area contributed by atoms with Crippen molar-refractivity contribution in [3.05, 3.63) is 42.3 Å². The van der Waals surface area contributed by atoms with Crippen LogP contribution in [0.2, 0.25) is 0 Å². The van der Waals surface area contributed by atoms with Gasteiger partial charge in [0.2, 0.25) is 5.71 Å². The van der Waals surface area contributed by atoms with E-state index in [1.54, 1.807) is 13.3 Å². The fourth-order valence-corrected chi connectivity index (χ4v) is 3.22. The Morgan fingerprint density at radius 3 is 2.29 bits per heavy atom. The van der Waals surface area contributed by atoms with Crippen molar-refractivity contribution >= 4 is 11.1 Å². The van der Waals surface area contributed by atoms with E-state index in [9.17, 15) is 0 Å². The van der Waals surface area contributed by atoms with Crippen LogP contribution in [0.3, 0.4) is 0 Å². The number of methoxy groups -OCH3 is 1. The van der Waals surface area contributed by atoms with Gasteiger partial charge in [0.15, 0.2) is 0 Å². The molecule has 0 atom stereocenters. The molecular formula is C23H30N2O3. The number of fused-ring (bicyclic) bond motifs is 1. The van der Waals surface area contributed by atoms with E-state index >= 15 is 0 Å². The van der Waals surface area contributed by atoms with Crippen molar-refractivity contribution in [1.29, 1.82) is 0 Å². The second-order valence-electron chi connectivity index (χ2n) is 7.13. The fraction of sp³-hybridized carbons (Fsp3) is 0.478. The van der Waals surface area contributed by atoms with Gasteiger partial charge in [0.05, 0.1) is 12.5 Å². The smallest absolute Gasteiger partial charge is 0.325 e. The molecule has 0 bridgehead atoms. The molecule has 0 aliphatic carbocycles. The van der Waals surface area contributed by atoms with E-state index in [2.05, 4.69) is 16.9 Å². The summed E-state index contributed by atoms with van der Waals surface area (Å²) >= 11 is 0. The van der Waals surface area contributed by atoms with Crippen molar-refractivity contribution in [3.8, 4) is 17.5 Å². The molecule has 5 nitrogen and oxygen atoms in total. The van der Waals surface area contributed by atoms with Gasteiger partial charge in [-0.15, -0.1) is 0 Å². The van der Waals surface area contributed by atoms with Gasteiger partial charge in [-0.2, -0.15) is 4.98 Å². The van der Waals surface area contributed by atoms with Crippen molar-refractivity contribution in [2.45, 2.75) is 64.7 Å². The van der Waals surface area contributed by atoms with Crippen molar-refractivity contribution in [2.24, 2.45) is 0 Å². The molecule has 0 N–H and O–H groups in total. The van der Waals surface area contributed by atoms with Crippen LogP contribution in [0, 0.1) is 0 Å². The van der Waals surface area contributed by atoms with E-state index in [0.29, 0.717) is 11.5 Å². The Labute approximate surface area is 167 Å². The highest BCUT2D eigenvalue weighted by Crippen LogP contribution is 2.24. The standard InChI is InChI=1S/C23H30N2O3/c1-3-4-5-6-7-8-9-10-11-21-16-18-17-24-23(25-22(18)27-21)28-20-14-12-19(26-2)13-15-20/h12-17H,3-11H2,1-2H3. The second kappa shape index (κ2) is 10.7. The predicted molar refractivity (Wildman–Crippen MR) is 111 cm³/mol. The number of benzene rings is 1. The van der Waals surface area contributed by atoms with Crippen LogP contribution in [0.4, 0.5) is 0 Å². The van der Waals surface area contributed by atoms with Gasteiger partial charge in [0.25, 0.3) is 0 Å². The average Bonchev–Trinajstić information content (AvgIpc) is 3.12. The third-order valence-electron chi connectivity index (χ3n) is 4.85. The normalized spacial score (nSPS) is 11.1. The first-order valence-corrected chi connectivity index (χ1v) is 10.4. The molecule has 0 saturated heterocycles. The van der Waals surface area contributed by atoms with E-state index in [0.717, 1.165) is 29.7 Å². The molecule has 0 aliphatic heterocycles. The topological polar surface area (TPSA) is 57.4 Å². The van der Waals surface area contributed by atoms with E-state index in [1.807, 2.05) is 30.3 Å². The second-order valence-corrected chi connectivity index (χ2v) is 7.13. The summed E-state index contributed by atoms with van der Waals surface area (Å²) < 4.78 is 16.7. The average molecular weight is 383 g/mol. The first-order valence-electron chi connectivity index (χ1n) is 10.4.